The topological polar surface area (TPSA) is 117 Å². The number of hydrogen-bond donors (Lipinski definition) is 3. The van der Waals surface area contributed by atoms with Gasteiger partial charge >= 0.3 is 0 Å². The second kappa shape index (κ2) is 9.31. The highest BCUT2D eigenvalue weighted by atomic mass is 32.2. The summed E-state index contributed by atoms with van der Waals surface area (Å²) in [6.45, 7) is 5.97. The van der Waals surface area contributed by atoms with Gasteiger partial charge in [0.05, 0.1) is 36.1 Å². The number of nitrogens with one attached hydrogen (secondary N) is 2. The van der Waals surface area contributed by atoms with Crippen molar-refractivity contribution >= 4 is 32.5 Å². The number of phenols is 1. The third kappa shape index (κ3) is 5.21. The summed E-state index contributed by atoms with van der Waals surface area (Å²) in [4.78, 5) is 13.5. The van der Waals surface area contributed by atoms with Crippen LogP contribution in [0, 0.1) is 5.41 Å². The number of carbonyl (C=O) groups is 1. The lowest BCUT2D eigenvalue weighted by atomic mass is 9.84. The predicted octanol–water partition coefficient (Wildman–Crippen LogP) is 4.23. The molecule has 0 saturated carbocycles. The number of imidazole rings is 1. The summed E-state index contributed by atoms with van der Waals surface area (Å²) in [6, 6.07) is 20.3. The fourth-order valence-corrected chi connectivity index (χ4v) is 4.82. The second-order valence-electron chi connectivity index (χ2n) is 9.94. The molecule has 0 bridgehead atoms. The van der Waals surface area contributed by atoms with E-state index in [0.717, 1.165) is 22.9 Å². The zero-order chi connectivity index (χ0) is 26.3. The van der Waals surface area contributed by atoms with E-state index >= 15 is 0 Å². The number of benzene rings is 3. The molecule has 0 unspecified atom stereocenters. The maximum Gasteiger partial charge on any atom is 0.229 e. The summed E-state index contributed by atoms with van der Waals surface area (Å²) in [6.07, 6.45) is 0.988. The van der Waals surface area contributed by atoms with E-state index in [9.17, 15) is 18.3 Å². The standard InChI is InChI=1S/C27H30N4O4S/c1-27(2,3)20-14-19(15-21(25(20)33)29-36(4,34)35)24(32)17-31-23-13-9-8-12-22(23)30(26(31)28)16-18-10-6-5-7-11-18/h5-15,28-29,33H,16-17H2,1-4H3. The molecule has 1 aromatic heterocycles. The van der Waals surface area contributed by atoms with Crippen LogP contribution in [0.5, 0.6) is 5.75 Å². The lowest BCUT2D eigenvalue weighted by molar-refractivity contribution is 0.0971. The Hall–Kier alpha value is -3.85. The first-order chi connectivity index (χ1) is 16.8. The molecule has 188 valence electrons. The van der Waals surface area contributed by atoms with E-state index < -0.39 is 15.4 Å². The third-order valence-corrected chi connectivity index (χ3v) is 6.59. The van der Waals surface area contributed by atoms with Crippen molar-refractivity contribution in [3.05, 3.63) is 89.0 Å². The van der Waals surface area contributed by atoms with Crippen LogP contribution >= 0.6 is 0 Å². The molecule has 0 aliphatic carbocycles. The van der Waals surface area contributed by atoms with Crippen LogP contribution < -0.4 is 10.3 Å². The van der Waals surface area contributed by atoms with Crippen molar-refractivity contribution in [1.29, 1.82) is 5.41 Å². The van der Waals surface area contributed by atoms with Gasteiger partial charge in [0.25, 0.3) is 0 Å². The largest absolute Gasteiger partial charge is 0.505 e. The van der Waals surface area contributed by atoms with Gasteiger partial charge in [-0.15, -0.1) is 0 Å². The average Bonchev–Trinajstić information content (AvgIpc) is 3.05. The van der Waals surface area contributed by atoms with E-state index in [1.54, 1.807) is 10.6 Å². The minimum absolute atomic E-state index is 0.0455. The van der Waals surface area contributed by atoms with Crippen molar-refractivity contribution in [2.24, 2.45) is 0 Å². The molecule has 0 amide bonds. The summed E-state index contributed by atoms with van der Waals surface area (Å²) < 4.78 is 29.6. The second-order valence-corrected chi connectivity index (χ2v) is 11.7. The van der Waals surface area contributed by atoms with Gasteiger partial charge in [0.2, 0.25) is 15.6 Å². The number of aromatic nitrogens is 2. The van der Waals surface area contributed by atoms with Gasteiger partial charge < -0.3 is 14.2 Å². The van der Waals surface area contributed by atoms with E-state index in [4.69, 9.17) is 5.41 Å². The summed E-state index contributed by atoms with van der Waals surface area (Å²) in [5, 5.41) is 19.6. The third-order valence-electron chi connectivity index (χ3n) is 6.00. The molecule has 0 radical (unpaired) electrons. The van der Waals surface area contributed by atoms with Gasteiger partial charge in [0, 0.05) is 11.1 Å². The van der Waals surface area contributed by atoms with Crippen LogP contribution in [0.4, 0.5) is 5.69 Å². The summed E-state index contributed by atoms with van der Waals surface area (Å²) >= 11 is 0. The number of aromatic hydroxyl groups is 1. The Balaban J connectivity index is 1.79. The van der Waals surface area contributed by atoms with Crippen molar-refractivity contribution in [3.63, 3.8) is 0 Å². The van der Waals surface area contributed by atoms with Gasteiger partial charge in [0.15, 0.2) is 5.78 Å². The Labute approximate surface area is 210 Å². The molecular weight excluding hydrogens is 476 g/mol. The van der Waals surface area contributed by atoms with Crippen LogP contribution in [0.25, 0.3) is 11.0 Å². The van der Waals surface area contributed by atoms with Crippen LogP contribution in [-0.4, -0.2) is 34.7 Å². The number of Topliss-reactive ketones (excluding diaryl/α,β-unsaturated/α-hetero) is 1. The van der Waals surface area contributed by atoms with Crippen molar-refractivity contribution in [2.45, 2.75) is 39.3 Å². The highest BCUT2D eigenvalue weighted by Gasteiger charge is 2.25. The highest BCUT2D eigenvalue weighted by molar-refractivity contribution is 7.92. The molecule has 8 nitrogen and oxygen atoms in total. The van der Waals surface area contributed by atoms with Crippen molar-refractivity contribution in [3.8, 4) is 5.75 Å². The van der Waals surface area contributed by atoms with Crippen molar-refractivity contribution in [2.75, 3.05) is 11.0 Å². The number of sulfonamides is 1. The molecule has 3 N–H and O–H groups in total. The molecule has 4 rings (SSSR count). The molecule has 9 heteroatoms. The zero-order valence-corrected chi connectivity index (χ0v) is 21.6. The maximum atomic E-state index is 13.5. The Morgan fingerprint density at radius 3 is 2.14 bits per heavy atom. The Bertz CT molecular complexity index is 1610. The van der Waals surface area contributed by atoms with Crippen LogP contribution in [-0.2, 0) is 28.5 Å². The fraction of sp³-hybridized carbons (Fsp3) is 0.259. The van der Waals surface area contributed by atoms with Crippen LogP contribution in [0.15, 0.2) is 66.7 Å². The van der Waals surface area contributed by atoms with Crippen LogP contribution in [0.3, 0.4) is 0 Å². The maximum absolute atomic E-state index is 13.5. The minimum atomic E-state index is -3.69. The van der Waals surface area contributed by atoms with Crippen molar-refractivity contribution in [1.82, 2.24) is 9.13 Å². The lowest BCUT2D eigenvalue weighted by Gasteiger charge is -2.23. The summed E-state index contributed by atoms with van der Waals surface area (Å²) in [7, 11) is -3.69. The van der Waals surface area contributed by atoms with Gasteiger partial charge in [0.1, 0.15) is 5.75 Å². The van der Waals surface area contributed by atoms with E-state index in [0.29, 0.717) is 12.1 Å². The minimum Gasteiger partial charge on any atom is -0.505 e. The molecule has 0 atom stereocenters. The molecule has 0 fully saturated rings. The molecule has 36 heavy (non-hydrogen) atoms. The Morgan fingerprint density at radius 1 is 0.972 bits per heavy atom. The molecule has 0 aliphatic heterocycles. The van der Waals surface area contributed by atoms with E-state index in [2.05, 4.69) is 4.72 Å². The number of hydrogen-bond acceptors (Lipinski definition) is 5. The number of para-hydroxylation sites is 2. The van der Waals surface area contributed by atoms with Crippen molar-refractivity contribution < 1.29 is 18.3 Å². The number of fused-ring (bicyclic) bond motifs is 1. The van der Waals surface area contributed by atoms with E-state index in [1.807, 2.05) is 79.9 Å². The first kappa shape index (κ1) is 25.2. The zero-order valence-electron chi connectivity index (χ0n) is 20.7. The first-order valence-corrected chi connectivity index (χ1v) is 13.4. The number of ketones is 1. The summed E-state index contributed by atoms with van der Waals surface area (Å²) in [5.74, 6) is -0.518. The molecule has 0 aliphatic rings. The van der Waals surface area contributed by atoms with Gasteiger partial charge in [-0.1, -0.05) is 63.2 Å². The monoisotopic (exact) mass is 506 g/mol. The molecule has 3 aromatic carbocycles. The van der Waals surface area contributed by atoms with Crippen LogP contribution in [0.2, 0.25) is 0 Å². The molecule has 0 saturated heterocycles. The number of nitrogens with zero attached hydrogens (tertiary/aromatic N) is 2. The quantitative estimate of drug-likeness (QED) is 0.257. The van der Waals surface area contributed by atoms with Gasteiger partial charge in [-0.25, -0.2) is 8.42 Å². The lowest BCUT2D eigenvalue weighted by Crippen LogP contribution is -2.28. The van der Waals surface area contributed by atoms with Gasteiger partial charge in [-0.3, -0.25) is 14.9 Å². The summed E-state index contributed by atoms with van der Waals surface area (Å²) in [5.41, 5.74) is 2.89. The SMILES string of the molecule is CC(C)(C)c1cc(C(=O)Cn2c(=N)n(Cc3ccccc3)c3ccccc32)cc(NS(C)(=O)=O)c1O. The highest BCUT2D eigenvalue weighted by Crippen LogP contribution is 2.38. The average molecular weight is 507 g/mol. The number of carbonyl (C=O) groups excluding carboxylic acids is 1. The normalized spacial score (nSPS) is 12.1. The molecular formula is C27H30N4O4S. The Kier molecular flexibility index (Phi) is 6.53. The molecule has 0 spiro atoms. The number of anilines is 1. The van der Waals surface area contributed by atoms with E-state index in [-0.39, 0.29) is 34.9 Å². The predicted molar refractivity (Wildman–Crippen MR) is 141 cm³/mol. The van der Waals surface area contributed by atoms with Gasteiger partial charge in [-0.05, 0) is 35.2 Å². The molecule has 1 heterocycles. The fourth-order valence-electron chi connectivity index (χ4n) is 4.26. The number of rotatable bonds is 7. The Morgan fingerprint density at radius 2 is 1.56 bits per heavy atom. The number of phenolic OH excluding ortho intramolecular Hbond substituents is 1. The molecule has 4 aromatic rings. The van der Waals surface area contributed by atoms with E-state index in [1.165, 1.54) is 6.07 Å². The van der Waals surface area contributed by atoms with Crippen LogP contribution in [0.1, 0.15) is 42.3 Å². The smallest absolute Gasteiger partial charge is 0.229 e. The first-order valence-electron chi connectivity index (χ1n) is 11.5. The van der Waals surface area contributed by atoms with Gasteiger partial charge in [-0.2, -0.15) is 0 Å².